The number of aryl methyl sites for hydroxylation is 2. The van der Waals surface area contributed by atoms with Crippen molar-refractivity contribution < 1.29 is 0 Å². The van der Waals surface area contributed by atoms with E-state index in [1.54, 1.807) is 6.20 Å². The van der Waals surface area contributed by atoms with Gasteiger partial charge in [-0.1, -0.05) is 11.6 Å². The van der Waals surface area contributed by atoms with Gasteiger partial charge in [0.15, 0.2) is 0 Å². The second-order valence-electron chi connectivity index (χ2n) is 4.76. The molecule has 1 aromatic carbocycles. The fourth-order valence-corrected chi connectivity index (χ4v) is 2.52. The molecule has 0 spiro atoms. The van der Waals surface area contributed by atoms with E-state index in [2.05, 4.69) is 15.4 Å². The van der Waals surface area contributed by atoms with Gasteiger partial charge in [0.25, 0.3) is 0 Å². The summed E-state index contributed by atoms with van der Waals surface area (Å²) in [6, 6.07) is 7.79. The molecule has 5 heteroatoms. The third kappa shape index (κ3) is 2.34. The number of halogens is 1. The first-order valence-electron chi connectivity index (χ1n) is 6.41. The van der Waals surface area contributed by atoms with E-state index in [0.717, 1.165) is 28.8 Å². The van der Waals surface area contributed by atoms with Gasteiger partial charge in [-0.2, -0.15) is 5.10 Å². The maximum Gasteiger partial charge on any atom is 0.0908 e. The molecule has 0 atom stereocenters. The van der Waals surface area contributed by atoms with Gasteiger partial charge in [-0.25, -0.2) is 0 Å². The number of benzene rings is 1. The van der Waals surface area contributed by atoms with E-state index >= 15 is 0 Å². The maximum atomic E-state index is 6.17. The lowest BCUT2D eigenvalue weighted by Crippen LogP contribution is -2.00. The average molecular weight is 287 g/mol. The topological polar surface area (TPSA) is 42.7 Å². The molecule has 0 aliphatic rings. The summed E-state index contributed by atoms with van der Waals surface area (Å²) in [5, 5.41) is 9.48. The standard InChI is InChI=1S/C15H15ClN4/c1-10-11(9-20(2)19-10)8-18-14-6-5-13(16)15-12(14)4-3-7-17-15/h3-7,9,18H,8H2,1-2H3. The second kappa shape index (κ2) is 5.13. The molecule has 4 nitrogen and oxygen atoms in total. The molecular formula is C15H15ClN4. The zero-order valence-electron chi connectivity index (χ0n) is 11.4. The number of hydrogen-bond donors (Lipinski definition) is 1. The molecule has 3 rings (SSSR count). The molecule has 2 aromatic heterocycles. The molecule has 0 saturated carbocycles. The number of anilines is 1. The Bertz CT molecular complexity index is 764. The van der Waals surface area contributed by atoms with Gasteiger partial charge < -0.3 is 5.32 Å². The van der Waals surface area contributed by atoms with Crippen LogP contribution in [0.25, 0.3) is 10.9 Å². The summed E-state index contributed by atoms with van der Waals surface area (Å²) in [7, 11) is 1.93. The van der Waals surface area contributed by atoms with E-state index in [1.807, 2.05) is 49.1 Å². The minimum atomic E-state index is 0.670. The number of nitrogens with zero attached hydrogens (tertiary/aromatic N) is 3. The molecular weight excluding hydrogens is 272 g/mol. The van der Waals surface area contributed by atoms with E-state index in [0.29, 0.717) is 5.02 Å². The van der Waals surface area contributed by atoms with E-state index in [1.165, 1.54) is 5.56 Å². The summed E-state index contributed by atoms with van der Waals surface area (Å²) in [4.78, 5) is 4.33. The Balaban J connectivity index is 1.92. The molecule has 0 saturated heterocycles. The lowest BCUT2D eigenvalue weighted by Gasteiger charge is -2.09. The quantitative estimate of drug-likeness (QED) is 0.801. The van der Waals surface area contributed by atoms with Crippen molar-refractivity contribution in [2.24, 2.45) is 7.05 Å². The lowest BCUT2D eigenvalue weighted by atomic mass is 10.1. The van der Waals surface area contributed by atoms with Crippen molar-refractivity contribution in [2.45, 2.75) is 13.5 Å². The molecule has 0 aliphatic heterocycles. The Morgan fingerprint density at radius 2 is 2.15 bits per heavy atom. The highest BCUT2D eigenvalue weighted by atomic mass is 35.5. The number of rotatable bonds is 3. The van der Waals surface area contributed by atoms with Gasteiger partial charge in [0.05, 0.1) is 16.2 Å². The van der Waals surface area contributed by atoms with Crippen LogP contribution in [-0.4, -0.2) is 14.8 Å². The molecule has 3 aromatic rings. The predicted molar refractivity (Wildman–Crippen MR) is 82.0 cm³/mol. The molecule has 1 N–H and O–H groups in total. The van der Waals surface area contributed by atoms with Crippen molar-refractivity contribution in [2.75, 3.05) is 5.32 Å². The summed E-state index contributed by atoms with van der Waals surface area (Å²) in [6.45, 7) is 2.74. The van der Waals surface area contributed by atoms with Crippen molar-refractivity contribution in [3.63, 3.8) is 0 Å². The normalized spacial score (nSPS) is 10.9. The van der Waals surface area contributed by atoms with Gasteiger partial charge in [-0.05, 0) is 31.2 Å². The SMILES string of the molecule is Cc1nn(C)cc1CNc1ccc(Cl)c2ncccc12. The highest BCUT2D eigenvalue weighted by Crippen LogP contribution is 2.28. The van der Waals surface area contributed by atoms with Crippen LogP contribution in [0, 0.1) is 6.92 Å². The number of hydrogen-bond acceptors (Lipinski definition) is 3. The summed E-state index contributed by atoms with van der Waals surface area (Å²) in [5.41, 5.74) is 4.07. The molecule has 20 heavy (non-hydrogen) atoms. The van der Waals surface area contributed by atoms with Gasteiger partial charge >= 0.3 is 0 Å². The third-order valence-corrected chi connectivity index (χ3v) is 3.61. The van der Waals surface area contributed by atoms with Crippen LogP contribution in [-0.2, 0) is 13.6 Å². The maximum absolute atomic E-state index is 6.17. The van der Waals surface area contributed by atoms with Crippen molar-refractivity contribution in [1.29, 1.82) is 0 Å². The first-order valence-corrected chi connectivity index (χ1v) is 6.79. The molecule has 0 aliphatic carbocycles. The molecule has 2 heterocycles. The molecule has 102 valence electrons. The Labute approximate surface area is 122 Å². The summed E-state index contributed by atoms with van der Waals surface area (Å²) < 4.78 is 1.83. The minimum absolute atomic E-state index is 0.670. The van der Waals surface area contributed by atoms with E-state index in [4.69, 9.17) is 11.6 Å². The van der Waals surface area contributed by atoms with E-state index in [9.17, 15) is 0 Å². The van der Waals surface area contributed by atoms with E-state index in [-0.39, 0.29) is 0 Å². The predicted octanol–water partition coefficient (Wildman–Crippen LogP) is 3.54. The van der Waals surface area contributed by atoms with Gasteiger partial charge in [0.2, 0.25) is 0 Å². The highest BCUT2D eigenvalue weighted by molar-refractivity contribution is 6.35. The van der Waals surface area contributed by atoms with E-state index < -0.39 is 0 Å². The van der Waals surface area contributed by atoms with Crippen molar-refractivity contribution >= 4 is 28.2 Å². The number of aromatic nitrogens is 3. The first-order chi connectivity index (χ1) is 9.65. The van der Waals surface area contributed by atoms with Gasteiger partial charge in [0, 0.05) is 42.6 Å². The van der Waals surface area contributed by atoms with Gasteiger partial charge in [-0.15, -0.1) is 0 Å². The number of fused-ring (bicyclic) bond motifs is 1. The van der Waals surface area contributed by atoms with Crippen LogP contribution < -0.4 is 5.32 Å². The summed E-state index contributed by atoms with van der Waals surface area (Å²) >= 11 is 6.17. The highest BCUT2D eigenvalue weighted by Gasteiger charge is 2.07. The zero-order valence-corrected chi connectivity index (χ0v) is 12.1. The van der Waals surface area contributed by atoms with Crippen LogP contribution in [0.2, 0.25) is 5.02 Å². The molecule has 0 bridgehead atoms. The van der Waals surface area contributed by atoms with Crippen LogP contribution >= 0.6 is 11.6 Å². The van der Waals surface area contributed by atoms with Crippen molar-refractivity contribution in [3.8, 4) is 0 Å². The first kappa shape index (κ1) is 12.9. The minimum Gasteiger partial charge on any atom is -0.380 e. The number of pyridine rings is 1. The van der Waals surface area contributed by atoms with Crippen LogP contribution in [0.3, 0.4) is 0 Å². The van der Waals surface area contributed by atoms with Gasteiger partial charge in [-0.3, -0.25) is 9.67 Å². The summed E-state index contributed by atoms with van der Waals surface area (Å²) in [5.74, 6) is 0. The zero-order chi connectivity index (χ0) is 14.1. The molecule has 0 amide bonds. The van der Waals surface area contributed by atoms with Crippen LogP contribution in [0.5, 0.6) is 0 Å². The van der Waals surface area contributed by atoms with Crippen LogP contribution in [0.15, 0.2) is 36.7 Å². The molecule has 0 unspecified atom stereocenters. The molecule has 0 radical (unpaired) electrons. The van der Waals surface area contributed by atoms with Crippen LogP contribution in [0.1, 0.15) is 11.3 Å². The Hall–Kier alpha value is -2.07. The Morgan fingerprint density at radius 1 is 1.30 bits per heavy atom. The number of nitrogens with one attached hydrogen (secondary N) is 1. The largest absolute Gasteiger partial charge is 0.380 e. The van der Waals surface area contributed by atoms with Crippen molar-refractivity contribution in [3.05, 3.63) is 52.9 Å². The third-order valence-electron chi connectivity index (χ3n) is 3.30. The second-order valence-corrected chi connectivity index (χ2v) is 5.17. The Kier molecular flexibility index (Phi) is 3.32. The monoisotopic (exact) mass is 286 g/mol. The molecule has 0 fully saturated rings. The fourth-order valence-electron chi connectivity index (χ4n) is 2.30. The van der Waals surface area contributed by atoms with Crippen molar-refractivity contribution in [1.82, 2.24) is 14.8 Å². The van der Waals surface area contributed by atoms with Gasteiger partial charge in [0.1, 0.15) is 0 Å². The average Bonchev–Trinajstić information content (AvgIpc) is 2.77. The fraction of sp³-hybridized carbons (Fsp3) is 0.200. The lowest BCUT2D eigenvalue weighted by molar-refractivity contribution is 0.756. The Morgan fingerprint density at radius 3 is 2.90 bits per heavy atom. The summed E-state index contributed by atoms with van der Waals surface area (Å²) in [6.07, 6.45) is 3.78. The smallest absolute Gasteiger partial charge is 0.0908 e. The van der Waals surface area contributed by atoms with Crippen LogP contribution in [0.4, 0.5) is 5.69 Å².